The zero-order chi connectivity index (χ0) is 26.6. The fourth-order valence-corrected chi connectivity index (χ4v) is 5.65. The van der Waals surface area contributed by atoms with Crippen LogP contribution in [-0.2, 0) is 4.79 Å². The molecule has 4 N–H and O–H groups in total. The molecule has 2 saturated carbocycles. The van der Waals surface area contributed by atoms with Crippen molar-refractivity contribution in [3.63, 3.8) is 0 Å². The van der Waals surface area contributed by atoms with Gasteiger partial charge in [0.2, 0.25) is 5.91 Å². The summed E-state index contributed by atoms with van der Waals surface area (Å²) < 4.78 is 0. The summed E-state index contributed by atoms with van der Waals surface area (Å²) in [4.78, 5) is 43.2. The minimum Gasteiger partial charge on any atom is -0.366 e. The summed E-state index contributed by atoms with van der Waals surface area (Å²) in [6.45, 7) is 4.63. The van der Waals surface area contributed by atoms with Crippen molar-refractivity contribution in [3.05, 3.63) is 59.2 Å². The van der Waals surface area contributed by atoms with Gasteiger partial charge in [-0.25, -0.2) is 0 Å². The van der Waals surface area contributed by atoms with Crippen LogP contribution >= 0.6 is 0 Å². The Balaban J connectivity index is 1.33. The number of nitrogens with zero attached hydrogens (tertiary/aromatic N) is 2. The van der Waals surface area contributed by atoms with Crippen molar-refractivity contribution in [3.8, 4) is 0 Å². The van der Waals surface area contributed by atoms with E-state index in [2.05, 4.69) is 15.5 Å². The summed E-state index contributed by atoms with van der Waals surface area (Å²) in [5.74, 6) is 0.120. The Kier molecular flexibility index (Phi) is 7.98. The molecule has 0 aromatic heterocycles. The summed E-state index contributed by atoms with van der Waals surface area (Å²) in [6.07, 6.45) is 6.75. The van der Waals surface area contributed by atoms with E-state index in [4.69, 9.17) is 5.73 Å². The molecular weight excluding hydrogens is 478 g/mol. The summed E-state index contributed by atoms with van der Waals surface area (Å²) in [5.41, 5.74) is 9.58. The molecule has 3 amide bonds. The third-order valence-corrected chi connectivity index (χ3v) is 8.28. The number of nitrogens with two attached hydrogens (primary N) is 1. The molecule has 8 heteroatoms. The summed E-state index contributed by atoms with van der Waals surface area (Å²) >= 11 is 0. The van der Waals surface area contributed by atoms with Gasteiger partial charge >= 0.3 is 0 Å². The number of rotatable bonds is 6. The van der Waals surface area contributed by atoms with E-state index in [1.165, 1.54) is 0 Å². The number of hydrogen-bond donors (Lipinski definition) is 3. The van der Waals surface area contributed by atoms with Crippen LogP contribution < -0.4 is 21.3 Å². The fourth-order valence-electron chi connectivity index (χ4n) is 5.65. The fraction of sp³-hybridized carbons (Fsp3) is 0.500. The first-order valence-corrected chi connectivity index (χ1v) is 14.0. The first kappa shape index (κ1) is 26.2. The Morgan fingerprint density at radius 2 is 1.55 bits per heavy atom. The molecule has 3 aliphatic rings. The number of carbonyl (C=O) groups excluding carboxylic acids is 3. The molecule has 3 fully saturated rings. The number of carbonyl (C=O) groups is 3. The van der Waals surface area contributed by atoms with Crippen molar-refractivity contribution in [1.82, 2.24) is 10.2 Å². The molecule has 0 bridgehead atoms. The highest BCUT2D eigenvalue weighted by molar-refractivity contribution is 6.07. The molecule has 38 heavy (non-hydrogen) atoms. The molecular formula is C30H39N5O3. The van der Waals surface area contributed by atoms with Crippen LogP contribution in [0.5, 0.6) is 0 Å². The number of benzene rings is 2. The number of anilines is 2. The van der Waals surface area contributed by atoms with Crippen molar-refractivity contribution in [2.24, 2.45) is 11.7 Å². The number of amides is 3. The van der Waals surface area contributed by atoms with E-state index in [1.54, 1.807) is 12.1 Å². The van der Waals surface area contributed by atoms with Crippen molar-refractivity contribution in [1.29, 1.82) is 0 Å². The lowest BCUT2D eigenvalue weighted by Crippen LogP contribution is -2.51. The van der Waals surface area contributed by atoms with E-state index < -0.39 is 0 Å². The van der Waals surface area contributed by atoms with Gasteiger partial charge in [0.15, 0.2) is 0 Å². The van der Waals surface area contributed by atoms with Crippen LogP contribution in [-0.4, -0.2) is 60.9 Å². The lowest BCUT2D eigenvalue weighted by Gasteiger charge is -2.39. The highest BCUT2D eigenvalue weighted by atomic mass is 16.2. The van der Waals surface area contributed by atoms with Gasteiger partial charge in [-0.1, -0.05) is 24.1 Å². The Morgan fingerprint density at radius 3 is 2.21 bits per heavy atom. The Morgan fingerprint density at radius 1 is 0.842 bits per heavy atom. The Bertz CT molecular complexity index is 1180. The minimum absolute atomic E-state index is 0.119. The van der Waals surface area contributed by atoms with Gasteiger partial charge < -0.3 is 26.2 Å². The summed E-state index contributed by atoms with van der Waals surface area (Å²) in [5, 5.41) is 6.22. The van der Waals surface area contributed by atoms with Crippen LogP contribution in [0.3, 0.4) is 0 Å². The number of piperazine rings is 1. The van der Waals surface area contributed by atoms with Crippen LogP contribution in [0.25, 0.3) is 0 Å². The van der Waals surface area contributed by atoms with Crippen LogP contribution in [0.2, 0.25) is 0 Å². The van der Waals surface area contributed by atoms with Gasteiger partial charge in [-0.3, -0.25) is 14.4 Å². The average molecular weight is 518 g/mol. The minimum atomic E-state index is -0.215. The molecule has 2 aromatic rings. The predicted molar refractivity (Wildman–Crippen MR) is 149 cm³/mol. The molecule has 0 atom stereocenters. The lowest BCUT2D eigenvalue weighted by atomic mass is 9.84. The first-order chi connectivity index (χ1) is 18.4. The number of aryl methyl sites for hydroxylation is 1. The zero-order valence-corrected chi connectivity index (χ0v) is 22.2. The second-order valence-electron chi connectivity index (χ2n) is 11.1. The quantitative estimate of drug-likeness (QED) is 0.542. The topological polar surface area (TPSA) is 108 Å². The third-order valence-electron chi connectivity index (χ3n) is 8.28. The van der Waals surface area contributed by atoms with Crippen LogP contribution in [0, 0.1) is 12.8 Å². The number of hydrogen-bond acceptors (Lipinski definition) is 5. The molecule has 1 heterocycles. The molecule has 0 unspecified atom stereocenters. The second-order valence-corrected chi connectivity index (χ2v) is 11.1. The molecule has 0 spiro atoms. The van der Waals surface area contributed by atoms with E-state index in [0.29, 0.717) is 43.0 Å². The highest BCUT2D eigenvalue weighted by Crippen LogP contribution is 2.32. The van der Waals surface area contributed by atoms with Crippen LogP contribution in [0.1, 0.15) is 71.2 Å². The van der Waals surface area contributed by atoms with Gasteiger partial charge in [-0.15, -0.1) is 0 Å². The molecule has 2 aliphatic carbocycles. The van der Waals surface area contributed by atoms with Crippen molar-refractivity contribution < 1.29 is 14.4 Å². The average Bonchev–Trinajstić information content (AvgIpc) is 2.89. The molecule has 8 nitrogen and oxygen atoms in total. The van der Waals surface area contributed by atoms with E-state index in [9.17, 15) is 14.4 Å². The van der Waals surface area contributed by atoms with Gasteiger partial charge in [0.05, 0.1) is 11.4 Å². The van der Waals surface area contributed by atoms with Crippen LogP contribution in [0.4, 0.5) is 11.4 Å². The van der Waals surface area contributed by atoms with E-state index in [0.717, 1.165) is 56.2 Å². The van der Waals surface area contributed by atoms with Crippen molar-refractivity contribution in [2.75, 3.05) is 36.4 Å². The molecule has 1 saturated heterocycles. The highest BCUT2D eigenvalue weighted by Gasteiger charge is 2.32. The predicted octanol–water partition coefficient (Wildman–Crippen LogP) is 3.70. The first-order valence-electron chi connectivity index (χ1n) is 14.0. The SMILES string of the molecule is Cc1cccc(C(=O)Nc2cc(C(=O)NC3CCC(N)CC3)ccc2N2CCN(C(=O)C3CCC3)CC2)c1. The maximum Gasteiger partial charge on any atom is 0.255 e. The van der Waals surface area contributed by atoms with Gasteiger partial charge in [0.1, 0.15) is 0 Å². The molecule has 2 aromatic carbocycles. The molecule has 202 valence electrons. The van der Waals surface area contributed by atoms with E-state index in [-0.39, 0.29) is 35.7 Å². The largest absolute Gasteiger partial charge is 0.366 e. The Hall–Kier alpha value is -3.39. The second kappa shape index (κ2) is 11.6. The van der Waals surface area contributed by atoms with Crippen molar-refractivity contribution in [2.45, 2.75) is 64.0 Å². The maximum atomic E-state index is 13.2. The third kappa shape index (κ3) is 6.01. The van der Waals surface area contributed by atoms with Crippen LogP contribution in [0.15, 0.2) is 42.5 Å². The summed E-state index contributed by atoms with van der Waals surface area (Å²) in [7, 11) is 0. The monoisotopic (exact) mass is 517 g/mol. The number of nitrogens with one attached hydrogen (secondary N) is 2. The van der Waals surface area contributed by atoms with Gasteiger partial charge in [-0.05, 0) is 75.8 Å². The van der Waals surface area contributed by atoms with Gasteiger partial charge in [0.25, 0.3) is 11.8 Å². The molecule has 0 radical (unpaired) electrons. The molecule has 1 aliphatic heterocycles. The van der Waals surface area contributed by atoms with Gasteiger partial charge in [-0.2, -0.15) is 0 Å². The standard InChI is InChI=1S/C30H39N5O3/c1-20-4-2-7-22(18-20)29(37)33-26-19-23(28(36)32-25-11-9-24(31)10-12-25)8-13-27(26)34-14-16-35(17-15-34)30(38)21-5-3-6-21/h2,4,7-8,13,18-19,21,24-25H,3,5-6,9-12,14-17,31H2,1H3,(H,32,36)(H,33,37). The zero-order valence-electron chi connectivity index (χ0n) is 22.2. The molecule has 5 rings (SSSR count). The van der Waals surface area contributed by atoms with E-state index in [1.807, 2.05) is 42.2 Å². The lowest BCUT2D eigenvalue weighted by molar-refractivity contribution is -0.138. The van der Waals surface area contributed by atoms with Crippen molar-refractivity contribution >= 4 is 29.1 Å². The van der Waals surface area contributed by atoms with Gasteiger partial charge in [0, 0.05) is 55.3 Å². The van der Waals surface area contributed by atoms with E-state index >= 15 is 0 Å². The Labute approximate surface area is 224 Å². The summed E-state index contributed by atoms with van der Waals surface area (Å²) in [6, 6.07) is 13.3. The smallest absolute Gasteiger partial charge is 0.255 e. The maximum absolute atomic E-state index is 13.2. The normalized spacial score (nSPS) is 21.9.